The number of rotatable bonds is 3. The normalized spacial score (nSPS) is 9.64. The molecule has 0 bridgehead atoms. The Morgan fingerprint density at radius 3 is 2.36 bits per heavy atom. The molecule has 0 aromatic heterocycles. The minimum atomic E-state index is 1.03. The molecule has 11 heavy (non-hydrogen) atoms. The highest BCUT2D eigenvalue weighted by Gasteiger charge is 1.89. The Labute approximate surface area is 72.5 Å². The van der Waals surface area contributed by atoms with Crippen LogP contribution in [0.4, 0.5) is 5.69 Å². The Kier molecular flexibility index (Phi) is 3.26. The molecule has 0 aliphatic carbocycles. The third kappa shape index (κ3) is 2.44. The topological polar surface area (TPSA) is 24.1 Å². The van der Waals surface area contributed by atoms with E-state index >= 15 is 0 Å². The van der Waals surface area contributed by atoms with Gasteiger partial charge < -0.3 is 5.43 Å². The summed E-state index contributed by atoms with van der Waals surface area (Å²) < 4.78 is 0. The summed E-state index contributed by atoms with van der Waals surface area (Å²) in [6, 6.07) is 8.21. The molecule has 0 fully saturated rings. The van der Waals surface area contributed by atoms with E-state index in [1.54, 1.807) is 0 Å². The van der Waals surface area contributed by atoms with Gasteiger partial charge in [0.25, 0.3) is 0 Å². The second-order valence-corrected chi connectivity index (χ2v) is 2.51. The van der Waals surface area contributed by atoms with Crippen LogP contribution in [0.3, 0.4) is 0 Å². The lowest BCUT2D eigenvalue weighted by Crippen LogP contribution is -2.08. The smallest absolute Gasteiger partial charge is 0.0496 e. The van der Waals surface area contributed by atoms with Crippen LogP contribution >= 0.6 is 12.8 Å². The Morgan fingerprint density at radius 1 is 1.27 bits per heavy atom. The number of anilines is 1. The zero-order valence-corrected chi connectivity index (χ0v) is 7.36. The first kappa shape index (κ1) is 8.43. The number of hydrogen-bond donors (Lipinski definition) is 3. The highest BCUT2D eigenvalue weighted by molar-refractivity contribution is 7.78. The van der Waals surface area contributed by atoms with Gasteiger partial charge in [0, 0.05) is 5.69 Å². The Balaban J connectivity index is 2.66. The van der Waals surface area contributed by atoms with Crippen molar-refractivity contribution in [2.24, 2.45) is 0 Å². The lowest BCUT2D eigenvalue weighted by atomic mass is 10.2. The van der Waals surface area contributed by atoms with Crippen molar-refractivity contribution < 1.29 is 0 Å². The molecule has 0 saturated heterocycles. The van der Waals surface area contributed by atoms with E-state index in [0.717, 1.165) is 12.1 Å². The predicted molar refractivity (Wildman–Crippen MR) is 51.6 cm³/mol. The number of hydrazine groups is 1. The molecule has 0 aliphatic heterocycles. The van der Waals surface area contributed by atoms with E-state index in [9.17, 15) is 0 Å². The van der Waals surface area contributed by atoms with E-state index < -0.39 is 0 Å². The van der Waals surface area contributed by atoms with Crippen molar-refractivity contribution in [2.75, 3.05) is 5.43 Å². The van der Waals surface area contributed by atoms with Crippen molar-refractivity contribution in [1.29, 1.82) is 0 Å². The van der Waals surface area contributed by atoms with Gasteiger partial charge in [0.05, 0.1) is 0 Å². The van der Waals surface area contributed by atoms with E-state index in [-0.39, 0.29) is 0 Å². The maximum Gasteiger partial charge on any atom is 0.0496 e. The zero-order chi connectivity index (χ0) is 8.10. The van der Waals surface area contributed by atoms with Gasteiger partial charge in [-0.15, -0.1) is 0 Å². The Morgan fingerprint density at radius 2 is 1.91 bits per heavy atom. The van der Waals surface area contributed by atoms with Crippen LogP contribution in [0.5, 0.6) is 0 Å². The lowest BCUT2D eigenvalue weighted by Gasteiger charge is -2.03. The Bertz CT molecular complexity index is 208. The molecule has 0 aliphatic rings. The van der Waals surface area contributed by atoms with Crippen LogP contribution in [0.25, 0.3) is 0 Å². The monoisotopic (exact) mass is 168 g/mol. The second-order valence-electron chi connectivity index (χ2n) is 2.29. The SMILES string of the molecule is CCc1ccc(NNS)cc1. The van der Waals surface area contributed by atoms with E-state index in [4.69, 9.17) is 0 Å². The number of benzene rings is 1. The van der Waals surface area contributed by atoms with Gasteiger partial charge in [-0.1, -0.05) is 31.9 Å². The molecule has 0 atom stereocenters. The summed E-state index contributed by atoms with van der Waals surface area (Å²) in [6.07, 6.45) is 1.08. The Hall–Kier alpha value is -0.670. The molecule has 0 heterocycles. The fraction of sp³-hybridized carbons (Fsp3) is 0.250. The summed E-state index contributed by atoms with van der Waals surface area (Å²) in [6.45, 7) is 2.14. The molecule has 60 valence electrons. The van der Waals surface area contributed by atoms with E-state index in [0.29, 0.717) is 0 Å². The first-order valence-electron chi connectivity index (χ1n) is 3.61. The molecule has 2 N–H and O–H groups in total. The fourth-order valence-electron chi connectivity index (χ4n) is 0.888. The van der Waals surface area contributed by atoms with Crippen LogP contribution in [-0.2, 0) is 6.42 Å². The third-order valence-corrected chi connectivity index (χ3v) is 1.67. The van der Waals surface area contributed by atoms with Gasteiger partial charge in [-0.25, -0.2) is 0 Å². The minimum absolute atomic E-state index is 1.03. The standard InChI is InChI=1S/C8H12N2S/c1-2-7-3-5-8(6-4-7)9-10-11/h3-6,9-11H,2H2,1H3. The predicted octanol–water partition coefficient (Wildman–Crippen LogP) is 2.01. The molecular weight excluding hydrogens is 156 g/mol. The highest BCUT2D eigenvalue weighted by atomic mass is 32.1. The minimum Gasteiger partial charge on any atom is -0.312 e. The molecule has 0 unspecified atom stereocenters. The molecule has 1 aromatic carbocycles. The number of hydrogen-bond acceptors (Lipinski definition) is 3. The molecule has 1 aromatic rings. The molecule has 0 spiro atoms. The van der Waals surface area contributed by atoms with Crippen molar-refractivity contribution in [2.45, 2.75) is 13.3 Å². The highest BCUT2D eigenvalue weighted by Crippen LogP contribution is 2.08. The summed E-state index contributed by atoms with van der Waals surface area (Å²) >= 11 is 3.82. The van der Waals surface area contributed by atoms with Crippen LogP contribution in [0.1, 0.15) is 12.5 Å². The van der Waals surface area contributed by atoms with Crippen molar-refractivity contribution in [1.82, 2.24) is 4.83 Å². The van der Waals surface area contributed by atoms with Gasteiger partial charge in [0.1, 0.15) is 0 Å². The van der Waals surface area contributed by atoms with Gasteiger partial charge in [0.2, 0.25) is 0 Å². The van der Waals surface area contributed by atoms with Crippen LogP contribution < -0.4 is 10.3 Å². The largest absolute Gasteiger partial charge is 0.312 e. The van der Waals surface area contributed by atoms with Crippen molar-refractivity contribution >= 4 is 18.5 Å². The molecular formula is C8H12N2S. The molecule has 3 heteroatoms. The van der Waals surface area contributed by atoms with Crippen molar-refractivity contribution in [3.05, 3.63) is 29.8 Å². The van der Waals surface area contributed by atoms with Crippen LogP contribution in [0.15, 0.2) is 24.3 Å². The van der Waals surface area contributed by atoms with Crippen molar-refractivity contribution in [3.63, 3.8) is 0 Å². The van der Waals surface area contributed by atoms with Crippen molar-refractivity contribution in [3.8, 4) is 0 Å². The number of aryl methyl sites for hydroxylation is 1. The number of nitrogens with one attached hydrogen (secondary N) is 2. The summed E-state index contributed by atoms with van der Waals surface area (Å²) in [4.78, 5) is 2.57. The average molecular weight is 168 g/mol. The maximum atomic E-state index is 3.82. The number of thiol groups is 1. The molecule has 0 amide bonds. The van der Waals surface area contributed by atoms with Gasteiger partial charge in [-0.05, 0) is 24.1 Å². The molecule has 0 saturated carbocycles. The molecule has 0 radical (unpaired) electrons. The maximum absolute atomic E-state index is 3.82. The zero-order valence-electron chi connectivity index (χ0n) is 6.46. The lowest BCUT2D eigenvalue weighted by molar-refractivity contribution is 1.13. The second kappa shape index (κ2) is 4.26. The van der Waals surface area contributed by atoms with Crippen LogP contribution in [0, 0.1) is 0 Å². The molecule has 2 nitrogen and oxygen atoms in total. The molecule has 1 rings (SSSR count). The van der Waals surface area contributed by atoms with Gasteiger partial charge in [0.15, 0.2) is 0 Å². The van der Waals surface area contributed by atoms with Crippen LogP contribution in [0.2, 0.25) is 0 Å². The van der Waals surface area contributed by atoms with Gasteiger partial charge in [-0.2, -0.15) is 4.83 Å². The van der Waals surface area contributed by atoms with Gasteiger partial charge >= 0.3 is 0 Å². The van der Waals surface area contributed by atoms with E-state index in [1.807, 2.05) is 12.1 Å². The summed E-state index contributed by atoms with van der Waals surface area (Å²) in [5.74, 6) is 0. The van der Waals surface area contributed by atoms with E-state index in [2.05, 4.69) is 42.1 Å². The fourth-order valence-corrected chi connectivity index (χ4v) is 1.02. The quantitative estimate of drug-likeness (QED) is 0.475. The summed E-state index contributed by atoms with van der Waals surface area (Å²) in [5, 5.41) is 0. The average Bonchev–Trinajstić information content (AvgIpc) is 2.07. The van der Waals surface area contributed by atoms with E-state index in [1.165, 1.54) is 5.56 Å². The first-order valence-corrected chi connectivity index (χ1v) is 4.05. The van der Waals surface area contributed by atoms with Gasteiger partial charge in [-0.3, -0.25) is 0 Å². The summed E-state index contributed by atoms with van der Waals surface area (Å²) in [5.41, 5.74) is 5.24. The first-order chi connectivity index (χ1) is 5.36. The summed E-state index contributed by atoms with van der Waals surface area (Å²) in [7, 11) is 0. The third-order valence-electron chi connectivity index (χ3n) is 1.56. The van der Waals surface area contributed by atoms with Crippen LogP contribution in [-0.4, -0.2) is 0 Å².